The van der Waals surface area contributed by atoms with Crippen molar-refractivity contribution in [3.8, 4) is 0 Å². The number of aryl methyl sites for hydroxylation is 1. The zero-order valence-electron chi connectivity index (χ0n) is 16.1. The predicted octanol–water partition coefficient (Wildman–Crippen LogP) is 4.96. The van der Waals surface area contributed by atoms with E-state index in [9.17, 15) is 13.2 Å². The molecule has 0 bridgehead atoms. The standard InChI is InChI=1S/C21H25BrN2O3S/c1-15-11-12-20(19(22)13-15)23-21(25)16-7-6-10-18(14-16)28(26,27)24(2)17-8-4-3-5-9-17/h6-7,10-14,17H,3-5,8-9H2,1-2H3,(H,23,25). The molecule has 7 heteroatoms. The summed E-state index contributed by atoms with van der Waals surface area (Å²) in [5.74, 6) is -0.345. The largest absolute Gasteiger partial charge is 0.321 e. The number of anilines is 1. The zero-order chi connectivity index (χ0) is 20.3. The molecule has 1 amide bonds. The molecule has 1 N–H and O–H groups in total. The molecule has 2 aromatic carbocycles. The van der Waals surface area contributed by atoms with Gasteiger partial charge in [-0.05, 0) is 71.6 Å². The topological polar surface area (TPSA) is 66.5 Å². The number of hydrogen-bond donors (Lipinski definition) is 1. The molecule has 1 saturated carbocycles. The lowest BCUT2D eigenvalue weighted by molar-refractivity contribution is 0.102. The third-order valence-electron chi connectivity index (χ3n) is 5.23. The van der Waals surface area contributed by atoms with Crippen molar-refractivity contribution in [2.75, 3.05) is 12.4 Å². The van der Waals surface area contributed by atoms with Crippen LogP contribution in [0.5, 0.6) is 0 Å². The summed E-state index contributed by atoms with van der Waals surface area (Å²) in [6, 6.07) is 11.9. The summed E-state index contributed by atoms with van der Waals surface area (Å²) >= 11 is 3.44. The van der Waals surface area contributed by atoms with E-state index in [4.69, 9.17) is 0 Å². The summed E-state index contributed by atoms with van der Waals surface area (Å²) < 4.78 is 28.3. The van der Waals surface area contributed by atoms with Crippen LogP contribution in [0.25, 0.3) is 0 Å². The molecule has 0 unspecified atom stereocenters. The van der Waals surface area contributed by atoms with Gasteiger partial charge in [0.05, 0.1) is 10.6 Å². The highest BCUT2D eigenvalue weighted by molar-refractivity contribution is 9.10. The van der Waals surface area contributed by atoms with Crippen LogP contribution >= 0.6 is 15.9 Å². The molecule has 0 spiro atoms. The molecular formula is C21H25BrN2O3S. The number of amides is 1. The number of rotatable bonds is 5. The molecule has 3 rings (SSSR count). The quantitative estimate of drug-likeness (QED) is 0.679. The van der Waals surface area contributed by atoms with Crippen molar-refractivity contribution < 1.29 is 13.2 Å². The Morgan fingerprint density at radius 2 is 1.82 bits per heavy atom. The minimum Gasteiger partial charge on any atom is -0.321 e. The third-order valence-corrected chi connectivity index (χ3v) is 7.80. The van der Waals surface area contributed by atoms with E-state index in [2.05, 4.69) is 21.2 Å². The second-order valence-corrected chi connectivity index (χ2v) is 10.1. The highest BCUT2D eigenvalue weighted by atomic mass is 79.9. The van der Waals surface area contributed by atoms with E-state index < -0.39 is 10.0 Å². The van der Waals surface area contributed by atoms with E-state index in [1.165, 1.54) is 10.4 Å². The average Bonchev–Trinajstić information content (AvgIpc) is 2.70. The second kappa shape index (κ2) is 8.76. The first-order valence-electron chi connectivity index (χ1n) is 9.44. The fourth-order valence-corrected chi connectivity index (χ4v) is 5.58. The van der Waals surface area contributed by atoms with Gasteiger partial charge in [0.25, 0.3) is 5.91 Å². The first-order chi connectivity index (χ1) is 13.3. The maximum absolute atomic E-state index is 13.0. The van der Waals surface area contributed by atoms with Crippen molar-refractivity contribution in [2.45, 2.75) is 50.0 Å². The van der Waals surface area contributed by atoms with Crippen LogP contribution < -0.4 is 5.32 Å². The minimum absolute atomic E-state index is 0.0275. The summed E-state index contributed by atoms with van der Waals surface area (Å²) in [6.07, 6.45) is 5.04. The molecule has 5 nitrogen and oxygen atoms in total. The number of nitrogens with one attached hydrogen (secondary N) is 1. The molecule has 28 heavy (non-hydrogen) atoms. The molecule has 0 saturated heterocycles. The normalized spacial score (nSPS) is 15.6. The molecule has 0 atom stereocenters. The van der Waals surface area contributed by atoms with Crippen molar-refractivity contribution in [1.29, 1.82) is 0 Å². The summed E-state index contributed by atoms with van der Waals surface area (Å²) in [5, 5.41) is 2.83. The fraction of sp³-hybridized carbons (Fsp3) is 0.381. The van der Waals surface area contributed by atoms with Crippen molar-refractivity contribution in [3.05, 3.63) is 58.1 Å². The second-order valence-electron chi connectivity index (χ2n) is 7.28. The highest BCUT2D eigenvalue weighted by Gasteiger charge is 2.29. The van der Waals surface area contributed by atoms with Crippen molar-refractivity contribution in [2.24, 2.45) is 0 Å². The number of carbonyl (C=O) groups excluding carboxylic acids is 1. The van der Waals surface area contributed by atoms with Crippen LogP contribution in [0.1, 0.15) is 48.0 Å². The van der Waals surface area contributed by atoms with E-state index in [1.54, 1.807) is 25.2 Å². The predicted molar refractivity (Wildman–Crippen MR) is 115 cm³/mol. The Kier molecular flexibility index (Phi) is 6.58. The summed E-state index contributed by atoms with van der Waals surface area (Å²) in [5.41, 5.74) is 2.03. The van der Waals surface area contributed by atoms with Crippen LogP contribution in [0.2, 0.25) is 0 Å². The van der Waals surface area contributed by atoms with Crippen LogP contribution in [0.4, 0.5) is 5.69 Å². The highest BCUT2D eigenvalue weighted by Crippen LogP contribution is 2.27. The zero-order valence-corrected chi connectivity index (χ0v) is 18.5. The Morgan fingerprint density at radius 3 is 2.50 bits per heavy atom. The smallest absolute Gasteiger partial charge is 0.255 e. The lowest BCUT2D eigenvalue weighted by atomic mass is 9.96. The molecule has 0 aromatic heterocycles. The number of halogens is 1. The van der Waals surface area contributed by atoms with Gasteiger partial charge < -0.3 is 5.32 Å². The van der Waals surface area contributed by atoms with E-state index in [-0.39, 0.29) is 16.8 Å². The van der Waals surface area contributed by atoms with Crippen LogP contribution in [0.15, 0.2) is 51.8 Å². The molecule has 1 fully saturated rings. The first-order valence-corrected chi connectivity index (χ1v) is 11.7. The number of sulfonamides is 1. The Labute approximate surface area is 175 Å². The van der Waals surface area contributed by atoms with Crippen LogP contribution in [0, 0.1) is 6.92 Å². The Balaban J connectivity index is 1.81. The number of carbonyl (C=O) groups is 1. The molecule has 2 aromatic rings. The Morgan fingerprint density at radius 1 is 1.11 bits per heavy atom. The Hall–Kier alpha value is -1.70. The Bertz CT molecular complexity index is 969. The summed E-state index contributed by atoms with van der Waals surface area (Å²) in [6.45, 7) is 1.97. The fourth-order valence-electron chi connectivity index (χ4n) is 3.52. The van der Waals surface area contributed by atoms with Gasteiger partial charge in [-0.3, -0.25) is 4.79 Å². The molecule has 0 aliphatic heterocycles. The third kappa shape index (κ3) is 4.64. The van der Waals surface area contributed by atoms with E-state index in [0.717, 1.165) is 42.1 Å². The van der Waals surface area contributed by atoms with Gasteiger partial charge in [0.15, 0.2) is 0 Å². The lowest BCUT2D eigenvalue weighted by Gasteiger charge is -2.30. The molecule has 0 radical (unpaired) electrons. The van der Waals surface area contributed by atoms with Gasteiger partial charge in [-0.25, -0.2) is 8.42 Å². The van der Waals surface area contributed by atoms with Crippen molar-refractivity contribution in [1.82, 2.24) is 4.31 Å². The number of nitrogens with zero attached hydrogens (tertiary/aromatic N) is 1. The molecular weight excluding hydrogens is 440 g/mol. The van der Waals surface area contributed by atoms with E-state index in [1.807, 2.05) is 25.1 Å². The van der Waals surface area contributed by atoms with E-state index in [0.29, 0.717) is 11.3 Å². The average molecular weight is 465 g/mol. The number of benzene rings is 2. The lowest BCUT2D eigenvalue weighted by Crippen LogP contribution is -2.38. The van der Waals surface area contributed by atoms with Crippen molar-refractivity contribution in [3.63, 3.8) is 0 Å². The first kappa shape index (κ1) is 21.0. The van der Waals surface area contributed by atoms with E-state index >= 15 is 0 Å². The SMILES string of the molecule is Cc1ccc(NC(=O)c2cccc(S(=O)(=O)N(C)C3CCCCC3)c2)c(Br)c1. The van der Waals surface area contributed by atoms with Gasteiger partial charge in [0.2, 0.25) is 10.0 Å². The van der Waals surface area contributed by atoms with Gasteiger partial charge >= 0.3 is 0 Å². The van der Waals surface area contributed by atoms with Gasteiger partial charge in [0, 0.05) is 23.1 Å². The maximum atomic E-state index is 13.0. The van der Waals surface area contributed by atoms with Gasteiger partial charge in [-0.1, -0.05) is 31.4 Å². The van der Waals surface area contributed by atoms with Crippen LogP contribution in [-0.4, -0.2) is 31.7 Å². The van der Waals surface area contributed by atoms with Gasteiger partial charge in [-0.15, -0.1) is 0 Å². The van der Waals surface area contributed by atoms with Crippen LogP contribution in [-0.2, 0) is 10.0 Å². The number of hydrogen-bond acceptors (Lipinski definition) is 3. The molecule has 1 aliphatic rings. The monoisotopic (exact) mass is 464 g/mol. The molecule has 0 heterocycles. The maximum Gasteiger partial charge on any atom is 0.255 e. The summed E-state index contributed by atoms with van der Waals surface area (Å²) in [7, 11) is -2.00. The summed E-state index contributed by atoms with van der Waals surface area (Å²) in [4.78, 5) is 12.8. The molecule has 150 valence electrons. The van der Waals surface area contributed by atoms with Gasteiger partial charge in [-0.2, -0.15) is 4.31 Å². The van der Waals surface area contributed by atoms with Crippen molar-refractivity contribution >= 4 is 37.5 Å². The van der Waals surface area contributed by atoms with Crippen LogP contribution in [0.3, 0.4) is 0 Å². The van der Waals surface area contributed by atoms with Gasteiger partial charge in [0.1, 0.15) is 0 Å². The molecule has 1 aliphatic carbocycles. The minimum atomic E-state index is -3.64.